The first-order chi connectivity index (χ1) is 12.0. The highest BCUT2D eigenvalue weighted by atomic mass is 16.5. The molecular weight excluding hydrogens is 318 g/mol. The second kappa shape index (κ2) is 8.55. The molecule has 0 fully saturated rings. The highest BCUT2D eigenvalue weighted by molar-refractivity contribution is 5.50. The molecule has 0 aliphatic carbocycles. The number of hydrogen-bond acceptors (Lipinski definition) is 5. The van der Waals surface area contributed by atoms with Crippen LogP contribution in [0.5, 0.6) is 11.5 Å². The van der Waals surface area contributed by atoms with Crippen LogP contribution in [0.15, 0.2) is 29.2 Å². The second-order valence-electron chi connectivity index (χ2n) is 6.16. The van der Waals surface area contributed by atoms with Gasteiger partial charge in [0.15, 0.2) is 0 Å². The van der Waals surface area contributed by atoms with Gasteiger partial charge in [-0.2, -0.15) is 5.10 Å². The standard InChI is InChI=1S/C19H27N3O3/c1-6-7-16-17(12-21-22(13(2)3)19(16)23)20-11-14-8-9-15(24-4)10-18(14)25-5/h8-10,12-13,20H,6-7,11H2,1-5H3. The van der Waals surface area contributed by atoms with Gasteiger partial charge in [-0.15, -0.1) is 0 Å². The average Bonchev–Trinajstić information content (AvgIpc) is 2.61. The molecule has 1 aromatic carbocycles. The van der Waals surface area contributed by atoms with Crippen molar-refractivity contribution in [2.45, 2.75) is 46.2 Å². The fraction of sp³-hybridized carbons (Fsp3) is 0.474. The number of hydrogen-bond donors (Lipinski definition) is 1. The van der Waals surface area contributed by atoms with E-state index in [0.717, 1.165) is 41.2 Å². The predicted octanol–water partition coefficient (Wildman–Crippen LogP) is 3.41. The van der Waals surface area contributed by atoms with Gasteiger partial charge < -0.3 is 14.8 Å². The van der Waals surface area contributed by atoms with Crippen molar-refractivity contribution < 1.29 is 9.47 Å². The van der Waals surface area contributed by atoms with Gasteiger partial charge >= 0.3 is 0 Å². The van der Waals surface area contributed by atoms with E-state index in [1.807, 2.05) is 32.0 Å². The van der Waals surface area contributed by atoms with Gasteiger partial charge in [-0.05, 0) is 32.4 Å². The van der Waals surface area contributed by atoms with Crippen LogP contribution in [0.25, 0.3) is 0 Å². The van der Waals surface area contributed by atoms with Crippen molar-refractivity contribution in [2.24, 2.45) is 0 Å². The van der Waals surface area contributed by atoms with Gasteiger partial charge in [-0.1, -0.05) is 13.3 Å². The van der Waals surface area contributed by atoms with Crippen molar-refractivity contribution in [1.29, 1.82) is 0 Å². The molecule has 0 saturated heterocycles. The molecule has 0 aliphatic heterocycles. The minimum atomic E-state index is -0.0245. The number of methoxy groups -OCH3 is 2. The quantitative estimate of drug-likeness (QED) is 0.794. The molecule has 136 valence electrons. The van der Waals surface area contributed by atoms with E-state index in [0.29, 0.717) is 6.54 Å². The van der Waals surface area contributed by atoms with Gasteiger partial charge in [-0.3, -0.25) is 4.79 Å². The van der Waals surface area contributed by atoms with E-state index in [-0.39, 0.29) is 11.6 Å². The highest BCUT2D eigenvalue weighted by Gasteiger charge is 2.13. The van der Waals surface area contributed by atoms with E-state index < -0.39 is 0 Å². The molecule has 0 spiro atoms. The van der Waals surface area contributed by atoms with Crippen LogP contribution >= 0.6 is 0 Å². The lowest BCUT2D eigenvalue weighted by Gasteiger charge is -2.16. The highest BCUT2D eigenvalue weighted by Crippen LogP contribution is 2.25. The average molecular weight is 345 g/mol. The number of nitrogens with zero attached hydrogens (tertiary/aromatic N) is 2. The molecule has 6 heteroatoms. The van der Waals surface area contributed by atoms with Gasteiger partial charge in [0.25, 0.3) is 5.56 Å². The molecule has 25 heavy (non-hydrogen) atoms. The molecule has 0 bridgehead atoms. The molecule has 2 aromatic rings. The maximum Gasteiger partial charge on any atom is 0.272 e. The molecule has 1 N–H and O–H groups in total. The van der Waals surface area contributed by atoms with Gasteiger partial charge in [0.1, 0.15) is 11.5 Å². The summed E-state index contributed by atoms with van der Waals surface area (Å²) < 4.78 is 12.2. The molecule has 6 nitrogen and oxygen atoms in total. The van der Waals surface area contributed by atoms with E-state index in [2.05, 4.69) is 17.3 Å². The summed E-state index contributed by atoms with van der Waals surface area (Å²) in [4.78, 5) is 12.7. The lowest BCUT2D eigenvalue weighted by molar-refractivity contribution is 0.391. The summed E-state index contributed by atoms with van der Waals surface area (Å²) in [6.45, 7) is 6.52. The topological polar surface area (TPSA) is 65.4 Å². The molecule has 1 heterocycles. The Morgan fingerprint density at radius 1 is 1.24 bits per heavy atom. The van der Waals surface area contributed by atoms with Crippen LogP contribution in [-0.4, -0.2) is 24.0 Å². The second-order valence-corrected chi connectivity index (χ2v) is 6.16. The molecule has 2 rings (SSSR count). The van der Waals surface area contributed by atoms with Crippen LogP contribution < -0.4 is 20.3 Å². The Morgan fingerprint density at radius 3 is 2.60 bits per heavy atom. The fourth-order valence-electron chi connectivity index (χ4n) is 2.70. The molecule has 0 aliphatic rings. The first-order valence-corrected chi connectivity index (χ1v) is 8.57. The summed E-state index contributed by atoms with van der Waals surface area (Å²) in [6.07, 6.45) is 3.36. The Morgan fingerprint density at radius 2 is 2.00 bits per heavy atom. The van der Waals surface area contributed by atoms with Crippen molar-refractivity contribution in [3.8, 4) is 11.5 Å². The summed E-state index contributed by atoms with van der Waals surface area (Å²) in [6, 6.07) is 5.73. The van der Waals surface area contributed by atoms with Gasteiger partial charge in [0.2, 0.25) is 0 Å². The number of aromatic nitrogens is 2. The molecular formula is C19H27N3O3. The molecule has 1 aromatic heterocycles. The van der Waals surface area contributed by atoms with Crippen molar-refractivity contribution in [2.75, 3.05) is 19.5 Å². The van der Waals surface area contributed by atoms with Crippen LogP contribution in [0.2, 0.25) is 0 Å². The van der Waals surface area contributed by atoms with Crippen molar-refractivity contribution >= 4 is 5.69 Å². The molecule has 0 unspecified atom stereocenters. The monoisotopic (exact) mass is 345 g/mol. The molecule has 0 radical (unpaired) electrons. The van der Waals surface area contributed by atoms with Crippen LogP contribution in [0, 0.1) is 0 Å². The molecule has 0 amide bonds. The summed E-state index contributed by atoms with van der Waals surface area (Å²) in [5.74, 6) is 1.49. The first kappa shape index (κ1) is 18.8. The third-order valence-corrected chi connectivity index (χ3v) is 4.06. The summed E-state index contributed by atoms with van der Waals surface area (Å²) >= 11 is 0. The third-order valence-electron chi connectivity index (χ3n) is 4.06. The lowest BCUT2D eigenvalue weighted by Crippen LogP contribution is -2.28. The number of anilines is 1. The Balaban J connectivity index is 2.29. The van der Waals surface area contributed by atoms with E-state index in [1.165, 1.54) is 4.68 Å². The Kier molecular flexibility index (Phi) is 6.44. The molecule has 0 atom stereocenters. The van der Waals surface area contributed by atoms with E-state index in [4.69, 9.17) is 9.47 Å². The number of benzene rings is 1. The van der Waals surface area contributed by atoms with Gasteiger partial charge in [0.05, 0.1) is 32.1 Å². The Hall–Kier alpha value is -2.50. The number of rotatable bonds is 8. The normalized spacial score (nSPS) is 10.8. The van der Waals surface area contributed by atoms with E-state index in [9.17, 15) is 4.79 Å². The smallest absolute Gasteiger partial charge is 0.272 e. The minimum absolute atomic E-state index is 0.0245. The Labute approximate surface area is 148 Å². The number of nitrogens with one attached hydrogen (secondary N) is 1. The lowest BCUT2D eigenvalue weighted by atomic mass is 10.1. The predicted molar refractivity (Wildman–Crippen MR) is 99.7 cm³/mol. The van der Waals surface area contributed by atoms with E-state index >= 15 is 0 Å². The van der Waals surface area contributed by atoms with Crippen molar-refractivity contribution in [3.05, 3.63) is 45.9 Å². The van der Waals surface area contributed by atoms with Crippen LogP contribution in [0.3, 0.4) is 0 Å². The zero-order valence-electron chi connectivity index (χ0n) is 15.6. The largest absolute Gasteiger partial charge is 0.497 e. The minimum Gasteiger partial charge on any atom is -0.497 e. The van der Waals surface area contributed by atoms with Gasteiger partial charge in [0, 0.05) is 23.7 Å². The fourth-order valence-corrected chi connectivity index (χ4v) is 2.70. The maximum absolute atomic E-state index is 12.7. The zero-order chi connectivity index (χ0) is 18.4. The number of ether oxygens (including phenoxy) is 2. The van der Waals surface area contributed by atoms with Crippen LogP contribution in [0.4, 0.5) is 5.69 Å². The third kappa shape index (κ3) is 4.32. The van der Waals surface area contributed by atoms with Gasteiger partial charge in [-0.25, -0.2) is 4.68 Å². The van der Waals surface area contributed by atoms with Crippen LogP contribution in [0.1, 0.15) is 44.4 Å². The van der Waals surface area contributed by atoms with Crippen molar-refractivity contribution in [3.63, 3.8) is 0 Å². The molecule has 0 saturated carbocycles. The SMILES string of the molecule is CCCc1c(NCc2ccc(OC)cc2OC)cnn(C(C)C)c1=O. The summed E-state index contributed by atoms with van der Waals surface area (Å²) in [5.41, 5.74) is 2.52. The summed E-state index contributed by atoms with van der Waals surface area (Å²) in [7, 11) is 3.26. The zero-order valence-corrected chi connectivity index (χ0v) is 15.6. The van der Waals surface area contributed by atoms with Crippen LogP contribution in [-0.2, 0) is 13.0 Å². The first-order valence-electron chi connectivity index (χ1n) is 8.57. The van der Waals surface area contributed by atoms with Crippen molar-refractivity contribution in [1.82, 2.24) is 9.78 Å². The Bertz CT molecular complexity index is 769. The van der Waals surface area contributed by atoms with E-state index in [1.54, 1.807) is 20.4 Å². The summed E-state index contributed by atoms with van der Waals surface area (Å²) in [5, 5.41) is 7.63. The maximum atomic E-state index is 12.7.